The minimum atomic E-state index is 1.07. The van der Waals surface area contributed by atoms with Crippen LogP contribution in [0.3, 0.4) is 0 Å². The van der Waals surface area contributed by atoms with Crippen molar-refractivity contribution in [3.05, 3.63) is 0 Å². The van der Waals surface area contributed by atoms with E-state index in [4.69, 9.17) is 0 Å². The Morgan fingerprint density at radius 3 is 0.625 bits per heavy atom. The third-order valence-electron chi connectivity index (χ3n) is 14.5. The maximum atomic E-state index is 2.59. The highest BCUT2D eigenvalue weighted by Crippen LogP contribution is 2.65. The SMILES string of the molecule is CC1C(C2C(C)[C@@H]3CC[C@H]2C3)[C@@H]2CC[C@H]1C2.CC1C(C2C(C)[C@@H]3CC[C@H]2C3)[C@H]2CC[C@@H]1C2. The predicted molar refractivity (Wildman–Crippen MR) is 134 cm³/mol. The zero-order chi connectivity index (χ0) is 21.7. The number of rotatable bonds is 2. The first kappa shape index (κ1) is 21.3. The van der Waals surface area contributed by atoms with E-state index in [1.807, 2.05) is 0 Å². The minimum Gasteiger partial charge on any atom is -0.0620 e. The molecule has 0 nitrogen and oxygen atoms in total. The summed E-state index contributed by atoms with van der Waals surface area (Å²) in [6.07, 6.45) is 19.0. The van der Waals surface area contributed by atoms with Gasteiger partial charge in [0.25, 0.3) is 0 Å². The molecule has 32 heavy (non-hydrogen) atoms. The van der Waals surface area contributed by atoms with Crippen molar-refractivity contribution in [2.75, 3.05) is 0 Å². The van der Waals surface area contributed by atoms with Gasteiger partial charge in [0.1, 0.15) is 0 Å². The second-order valence-electron chi connectivity index (χ2n) is 15.1. The van der Waals surface area contributed by atoms with Crippen molar-refractivity contribution in [3.63, 3.8) is 0 Å². The van der Waals surface area contributed by atoms with Gasteiger partial charge in [-0.3, -0.25) is 0 Å². The Kier molecular flexibility index (Phi) is 5.16. The van der Waals surface area contributed by atoms with E-state index in [9.17, 15) is 0 Å². The number of hydrogen-bond acceptors (Lipinski definition) is 0. The summed E-state index contributed by atoms with van der Waals surface area (Å²) in [6, 6.07) is 0. The van der Waals surface area contributed by atoms with Crippen LogP contribution in [-0.2, 0) is 0 Å². The van der Waals surface area contributed by atoms with Gasteiger partial charge in [-0.1, -0.05) is 27.7 Å². The molecular formula is C32H52. The summed E-state index contributed by atoms with van der Waals surface area (Å²) in [6.45, 7) is 10.4. The third-order valence-corrected chi connectivity index (χ3v) is 14.5. The van der Waals surface area contributed by atoms with E-state index < -0.39 is 0 Å². The highest BCUT2D eigenvalue weighted by atomic mass is 14.6. The fourth-order valence-electron chi connectivity index (χ4n) is 13.2. The predicted octanol–water partition coefficient (Wildman–Crippen LogP) is 8.70. The maximum Gasteiger partial charge on any atom is -0.0324 e. The van der Waals surface area contributed by atoms with Crippen LogP contribution in [0.4, 0.5) is 0 Å². The summed E-state index contributed by atoms with van der Waals surface area (Å²) in [5.41, 5.74) is 0. The summed E-state index contributed by atoms with van der Waals surface area (Å²) in [5.74, 6) is 18.0. The summed E-state index contributed by atoms with van der Waals surface area (Å²) < 4.78 is 0. The van der Waals surface area contributed by atoms with Gasteiger partial charge in [0.2, 0.25) is 0 Å². The second kappa shape index (κ2) is 7.75. The smallest absolute Gasteiger partial charge is 0.0324 e. The van der Waals surface area contributed by atoms with E-state index in [0.29, 0.717) is 0 Å². The molecule has 0 amide bonds. The van der Waals surface area contributed by atoms with Gasteiger partial charge in [-0.05, 0) is 172 Å². The van der Waals surface area contributed by atoms with E-state index in [1.165, 1.54) is 0 Å². The monoisotopic (exact) mass is 436 g/mol. The van der Waals surface area contributed by atoms with Gasteiger partial charge in [0.05, 0.1) is 0 Å². The largest absolute Gasteiger partial charge is 0.0620 e. The van der Waals surface area contributed by atoms with Crippen LogP contribution in [0.25, 0.3) is 0 Å². The van der Waals surface area contributed by atoms with Crippen molar-refractivity contribution in [1.29, 1.82) is 0 Å². The zero-order valence-electron chi connectivity index (χ0n) is 21.7. The van der Waals surface area contributed by atoms with Crippen LogP contribution in [0.5, 0.6) is 0 Å². The molecule has 8 aliphatic rings. The molecule has 0 aromatic carbocycles. The van der Waals surface area contributed by atoms with E-state index in [0.717, 1.165) is 94.7 Å². The van der Waals surface area contributed by atoms with Gasteiger partial charge in [-0.15, -0.1) is 0 Å². The molecule has 0 N–H and O–H groups in total. The van der Waals surface area contributed by atoms with Gasteiger partial charge in [0.15, 0.2) is 0 Å². The van der Waals surface area contributed by atoms with Crippen LogP contribution in [-0.4, -0.2) is 0 Å². The average molecular weight is 437 g/mol. The quantitative estimate of drug-likeness (QED) is 0.406. The van der Waals surface area contributed by atoms with E-state index in [1.54, 1.807) is 77.0 Å². The van der Waals surface area contributed by atoms with Crippen molar-refractivity contribution in [2.45, 2.75) is 105 Å². The van der Waals surface area contributed by atoms with Crippen LogP contribution in [0.1, 0.15) is 105 Å². The molecule has 8 rings (SSSR count). The topological polar surface area (TPSA) is 0 Å². The van der Waals surface area contributed by atoms with Gasteiger partial charge in [-0.2, -0.15) is 0 Å². The Labute approximate surface area is 199 Å². The third kappa shape index (κ3) is 2.98. The molecule has 0 aromatic rings. The van der Waals surface area contributed by atoms with Gasteiger partial charge >= 0.3 is 0 Å². The average Bonchev–Trinajstić information content (AvgIpc) is 3.61. The lowest BCUT2D eigenvalue weighted by atomic mass is 9.64. The highest BCUT2D eigenvalue weighted by Gasteiger charge is 2.57. The molecular weight excluding hydrogens is 384 g/mol. The minimum absolute atomic E-state index is 1.07. The molecule has 0 radical (unpaired) electrons. The number of hydrogen-bond donors (Lipinski definition) is 0. The molecule has 8 saturated carbocycles. The summed E-state index contributed by atoms with van der Waals surface area (Å²) in [7, 11) is 0. The molecule has 8 unspecified atom stereocenters. The molecule has 0 aromatic heterocycles. The van der Waals surface area contributed by atoms with Crippen LogP contribution < -0.4 is 0 Å². The lowest BCUT2D eigenvalue weighted by molar-refractivity contribution is 0.0776. The second-order valence-corrected chi connectivity index (χ2v) is 15.1. The Bertz CT molecular complexity index is 581. The maximum absolute atomic E-state index is 2.59. The van der Waals surface area contributed by atoms with Crippen LogP contribution in [0, 0.1) is 94.7 Å². The van der Waals surface area contributed by atoms with E-state index >= 15 is 0 Å². The van der Waals surface area contributed by atoms with E-state index in [2.05, 4.69) is 27.7 Å². The summed E-state index contributed by atoms with van der Waals surface area (Å²) >= 11 is 0. The Balaban J connectivity index is 0.000000113. The van der Waals surface area contributed by atoms with Crippen LogP contribution in [0.15, 0.2) is 0 Å². The molecule has 0 aliphatic heterocycles. The first-order valence-electron chi connectivity index (χ1n) is 15.5. The van der Waals surface area contributed by atoms with Crippen LogP contribution >= 0.6 is 0 Å². The van der Waals surface area contributed by atoms with Crippen molar-refractivity contribution in [2.24, 2.45) is 94.7 Å². The van der Waals surface area contributed by atoms with Gasteiger partial charge in [-0.25, -0.2) is 0 Å². The summed E-state index contributed by atoms with van der Waals surface area (Å²) in [5, 5.41) is 0. The first-order valence-corrected chi connectivity index (χ1v) is 15.5. The molecule has 8 bridgehead atoms. The van der Waals surface area contributed by atoms with Crippen molar-refractivity contribution in [1.82, 2.24) is 0 Å². The zero-order valence-corrected chi connectivity index (χ0v) is 21.7. The fraction of sp³-hybridized carbons (Fsp3) is 1.00. The molecule has 16 atom stereocenters. The van der Waals surface area contributed by atoms with E-state index in [-0.39, 0.29) is 0 Å². The molecule has 8 fully saturated rings. The van der Waals surface area contributed by atoms with Crippen molar-refractivity contribution in [3.8, 4) is 0 Å². The molecule has 0 heterocycles. The van der Waals surface area contributed by atoms with Crippen molar-refractivity contribution >= 4 is 0 Å². The molecule has 0 spiro atoms. The summed E-state index contributed by atoms with van der Waals surface area (Å²) in [4.78, 5) is 0. The fourth-order valence-corrected chi connectivity index (χ4v) is 13.2. The highest BCUT2D eigenvalue weighted by molar-refractivity contribution is 5.06. The number of fused-ring (bicyclic) bond motifs is 8. The lowest BCUT2D eigenvalue weighted by Crippen LogP contribution is -2.34. The Morgan fingerprint density at radius 1 is 0.281 bits per heavy atom. The van der Waals surface area contributed by atoms with Gasteiger partial charge < -0.3 is 0 Å². The molecule has 0 heteroatoms. The molecule has 8 aliphatic carbocycles. The normalized spacial score (nSPS) is 63.4. The molecule has 180 valence electrons. The molecule has 0 saturated heterocycles. The lowest BCUT2D eigenvalue weighted by Gasteiger charge is -2.40. The van der Waals surface area contributed by atoms with Crippen molar-refractivity contribution < 1.29 is 0 Å². The van der Waals surface area contributed by atoms with Crippen LogP contribution in [0.2, 0.25) is 0 Å². The standard InChI is InChI=1S/2C16H26/c2*1-9-11-3-5-13(7-11)15(9)16-10(2)12-4-6-14(16)8-12/h2*9-16H,3-8H2,1-2H3/t9?,10?,11-,12+,13+,14-,15?,16?;9?,10?,11-,12-,13+,14+,15?,16?/m.1/s1. The Hall–Kier alpha value is 0. The first-order chi connectivity index (χ1) is 15.5. The Morgan fingerprint density at radius 2 is 0.469 bits per heavy atom. The van der Waals surface area contributed by atoms with Gasteiger partial charge in [0, 0.05) is 0 Å².